The molecule has 0 spiro atoms. The average molecular weight is 424 g/mol. The molecule has 2 aromatic rings. The summed E-state index contributed by atoms with van der Waals surface area (Å²) in [6, 6.07) is 15.5. The predicted octanol–water partition coefficient (Wildman–Crippen LogP) is 2.76. The molecule has 7 heteroatoms. The molecular weight excluding hydrogens is 394 g/mol. The van der Waals surface area contributed by atoms with Crippen LogP contribution in [0.2, 0.25) is 0 Å². The van der Waals surface area contributed by atoms with Gasteiger partial charge in [-0.15, -0.1) is 0 Å². The molecule has 2 aliphatic heterocycles. The van der Waals surface area contributed by atoms with Crippen LogP contribution in [-0.2, 0) is 9.59 Å². The molecule has 0 unspecified atom stereocenters. The summed E-state index contributed by atoms with van der Waals surface area (Å²) in [5.41, 5.74) is 1.79. The highest BCUT2D eigenvalue weighted by molar-refractivity contribution is 6.00. The highest BCUT2D eigenvalue weighted by atomic mass is 16.5. The van der Waals surface area contributed by atoms with Crippen molar-refractivity contribution in [2.24, 2.45) is 0 Å². The van der Waals surface area contributed by atoms with E-state index in [4.69, 9.17) is 9.47 Å². The van der Waals surface area contributed by atoms with Gasteiger partial charge in [0.2, 0.25) is 11.8 Å². The van der Waals surface area contributed by atoms with Crippen LogP contribution in [-0.4, -0.2) is 56.6 Å². The maximum absolute atomic E-state index is 12.8. The number of nitrogens with zero attached hydrogens (tertiary/aromatic N) is 2. The quantitative estimate of drug-likeness (QED) is 0.742. The van der Waals surface area contributed by atoms with Gasteiger partial charge in [-0.3, -0.25) is 19.4 Å². The molecule has 2 heterocycles. The van der Waals surface area contributed by atoms with Gasteiger partial charge in [-0.2, -0.15) is 0 Å². The highest BCUT2D eigenvalue weighted by Crippen LogP contribution is 2.31. The topological polar surface area (TPSA) is 71.1 Å². The zero-order chi connectivity index (χ0) is 21.6. The van der Waals surface area contributed by atoms with Crippen molar-refractivity contribution in [1.82, 2.24) is 10.2 Å². The van der Waals surface area contributed by atoms with Gasteiger partial charge < -0.3 is 14.8 Å². The third kappa shape index (κ3) is 4.99. The van der Waals surface area contributed by atoms with E-state index in [1.807, 2.05) is 36.4 Å². The first-order chi connectivity index (χ1) is 15.2. The first-order valence-corrected chi connectivity index (χ1v) is 10.8. The van der Waals surface area contributed by atoms with E-state index in [1.165, 1.54) is 17.7 Å². The number of carbonyl (C=O) groups is 2. The highest BCUT2D eigenvalue weighted by Gasteiger charge is 2.27. The number of likely N-dealkylation sites (tertiary alicyclic amines) is 1. The van der Waals surface area contributed by atoms with Crippen LogP contribution < -0.4 is 19.7 Å². The lowest BCUT2D eigenvalue weighted by Crippen LogP contribution is -2.43. The molecule has 1 fully saturated rings. The summed E-state index contributed by atoms with van der Waals surface area (Å²) in [7, 11) is 1.65. The number of ether oxygens (including phenoxy) is 2. The fourth-order valence-corrected chi connectivity index (χ4v) is 4.24. The van der Waals surface area contributed by atoms with E-state index in [0.717, 1.165) is 24.4 Å². The molecule has 2 aliphatic rings. The van der Waals surface area contributed by atoms with Gasteiger partial charge in [0.05, 0.1) is 31.9 Å². The Morgan fingerprint density at radius 1 is 1.13 bits per heavy atom. The molecular formula is C24H29N3O4. The van der Waals surface area contributed by atoms with Gasteiger partial charge in [-0.05, 0) is 55.8 Å². The largest absolute Gasteiger partial charge is 0.497 e. The summed E-state index contributed by atoms with van der Waals surface area (Å²) in [6.07, 6.45) is 2.59. The van der Waals surface area contributed by atoms with Gasteiger partial charge in [-0.25, -0.2) is 0 Å². The second kappa shape index (κ2) is 9.83. The summed E-state index contributed by atoms with van der Waals surface area (Å²) in [5, 5.41) is 3.06. The van der Waals surface area contributed by atoms with E-state index in [-0.39, 0.29) is 30.8 Å². The Morgan fingerprint density at radius 3 is 2.61 bits per heavy atom. The number of anilines is 1. The maximum atomic E-state index is 12.8. The van der Waals surface area contributed by atoms with E-state index in [1.54, 1.807) is 7.11 Å². The lowest BCUT2D eigenvalue weighted by atomic mass is 10.1. The number of hydrogen-bond donors (Lipinski definition) is 1. The molecule has 0 radical (unpaired) electrons. The summed E-state index contributed by atoms with van der Waals surface area (Å²) in [5.74, 6) is 1.16. The lowest BCUT2D eigenvalue weighted by molar-refractivity contribution is -0.124. The van der Waals surface area contributed by atoms with Crippen LogP contribution in [0, 0.1) is 0 Å². The number of para-hydroxylation sites is 2. The second-order valence-corrected chi connectivity index (χ2v) is 7.88. The maximum Gasteiger partial charge on any atom is 0.240 e. The Morgan fingerprint density at radius 2 is 1.87 bits per heavy atom. The SMILES string of the molecule is COc1ccc([C@H](CNC(=O)CN2C(=O)CCOc3ccccc32)N2CCCC2)cc1. The molecule has 7 nitrogen and oxygen atoms in total. The summed E-state index contributed by atoms with van der Waals surface area (Å²) >= 11 is 0. The van der Waals surface area contributed by atoms with Gasteiger partial charge in [0.1, 0.15) is 18.0 Å². The molecule has 4 rings (SSSR count). The van der Waals surface area contributed by atoms with Crippen molar-refractivity contribution in [3.8, 4) is 11.5 Å². The molecule has 1 saturated heterocycles. The van der Waals surface area contributed by atoms with Crippen molar-refractivity contribution in [3.63, 3.8) is 0 Å². The zero-order valence-corrected chi connectivity index (χ0v) is 17.9. The monoisotopic (exact) mass is 423 g/mol. The Bertz CT molecular complexity index is 909. The minimum Gasteiger partial charge on any atom is -0.497 e. The van der Waals surface area contributed by atoms with Gasteiger partial charge in [0.15, 0.2) is 0 Å². The molecule has 1 N–H and O–H groups in total. The fourth-order valence-electron chi connectivity index (χ4n) is 4.24. The fraction of sp³-hybridized carbons (Fsp3) is 0.417. The first-order valence-electron chi connectivity index (χ1n) is 10.8. The van der Waals surface area contributed by atoms with E-state index >= 15 is 0 Å². The van der Waals surface area contributed by atoms with Gasteiger partial charge >= 0.3 is 0 Å². The molecule has 2 aromatic carbocycles. The second-order valence-electron chi connectivity index (χ2n) is 7.88. The van der Waals surface area contributed by atoms with Crippen LogP contribution in [0.5, 0.6) is 11.5 Å². The number of benzene rings is 2. The minimum atomic E-state index is -0.178. The van der Waals surface area contributed by atoms with Crippen molar-refractivity contribution < 1.29 is 19.1 Å². The lowest BCUT2D eigenvalue weighted by Gasteiger charge is -2.29. The van der Waals surface area contributed by atoms with Crippen molar-refractivity contribution >= 4 is 17.5 Å². The summed E-state index contributed by atoms with van der Waals surface area (Å²) < 4.78 is 10.9. The van der Waals surface area contributed by atoms with E-state index in [0.29, 0.717) is 24.6 Å². The third-order valence-corrected chi connectivity index (χ3v) is 5.91. The van der Waals surface area contributed by atoms with E-state index in [9.17, 15) is 9.59 Å². The number of rotatable bonds is 7. The Balaban J connectivity index is 1.44. The van der Waals surface area contributed by atoms with E-state index < -0.39 is 0 Å². The van der Waals surface area contributed by atoms with Crippen LogP contribution in [0.25, 0.3) is 0 Å². The normalized spacial score (nSPS) is 17.5. The number of nitrogens with one attached hydrogen (secondary N) is 1. The molecule has 0 saturated carbocycles. The molecule has 1 atom stereocenters. The average Bonchev–Trinajstić information content (AvgIpc) is 3.28. The van der Waals surface area contributed by atoms with Gasteiger partial charge in [0, 0.05) is 6.54 Å². The standard InChI is InChI=1S/C24H29N3O4/c1-30-19-10-8-18(9-11-19)21(26-13-4-5-14-26)16-25-23(28)17-27-20-6-2-3-7-22(20)31-15-12-24(27)29/h2-3,6-11,21H,4-5,12-17H2,1H3,(H,25,28)/t21-/m0/s1. The molecule has 164 valence electrons. The Kier molecular flexibility index (Phi) is 6.72. The summed E-state index contributed by atoms with van der Waals surface area (Å²) in [4.78, 5) is 29.4. The summed E-state index contributed by atoms with van der Waals surface area (Å²) in [6.45, 7) is 2.83. The van der Waals surface area contributed by atoms with Gasteiger partial charge in [-0.1, -0.05) is 24.3 Å². The van der Waals surface area contributed by atoms with Crippen molar-refractivity contribution in [2.75, 3.05) is 44.8 Å². The van der Waals surface area contributed by atoms with Crippen molar-refractivity contribution in [1.29, 1.82) is 0 Å². The first kappa shape index (κ1) is 21.2. The van der Waals surface area contributed by atoms with E-state index in [2.05, 4.69) is 22.3 Å². The van der Waals surface area contributed by atoms with Crippen LogP contribution in [0.3, 0.4) is 0 Å². The molecule has 0 aliphatic carbocycles. The zero-order valence-electron chi connectivity index (χ0n) is 17.9. The van der Waals surface area contributed by atoms with Crippen LogP contribution in [0.15, 0.2) is 48.5 Å². The third-order valence-electron chi connectivity index (χ3n) is 5.91. The van der Waals surface area contributed by atoms with Crippen molar-refractivity contribution in [3.05, 3.63) is 54.1 Å². The Hall–Kier alpha value is -3.06. The predicted molar refractivity (Wildman–Crippen MR) is 118 cm³/mol. The van der Waals surface area contributed by atoms with Crippen LogP contribution in [0.4, 0.5) is 5.69 Å². The Labute approximate surface area is 182 Å². The number of amides is 2. The van der Waals surface area contributed by atoms with Crippen LogP contribution in [0.1, 0.15) is 30.9 Å². The molecule has 31 heavy (non-hydrogen) atoms. The van der Waals surface area contributed by atoms with Crippen molar-refractivity contribution in [2.45, 2.75) is 25.3 Å². The number of hydrogen-bond acceptors (Lipinski definition) is 5. The van der Waals surface area contributed by atoms with Crippen LogP contribution >= 0.6 is 0 Å². The molecule has 2 amide bonds. The minimum absolute atomic E-state index is 0.0193. The number of carbonyl (C=O) groups excluding carboxylic acids is 2. The smallest absolute Gasteiger partial charge is 0.240 e. The molecule has 0 aromatic heterocycles. The number of methoxy groups -OCH3 is 1. The van der Waals surface area contributed by atoms with Gasteiger partial charge in [0.25, 0.3) is 0 Å². The molecule has 0 bridgehead atoms. The number of fused-ring (bicyclic) bond motifs is 1.